The Kier molecular flexibility index (Phi) is 8.03. The molecule has 0 unspecified atom stereocenters. The number of phenols is 1. The molecule has 0 spiro atoms. The van der Waals surface area contributed by atoms with Gasteiger partial charge in [-0.15, -0.1) is 0 Å². The number of Topliss-reactive ketones (excluding diaryl/α,β-unsaturated/α-hetero) is 1. The van der Waals surface area contributed by atoms with Crippen LogP contribution < -0.4 is 14.2 Å². The first-order valence-corrected chi connectivity index (χ1v) is 11.1. The number of hydrogen-bond acceptors (Lipinski definition) is 8. The monoisotopic (exact) mass is 505 g/mol. The molecule has 0 amide bonds. The Bertz CT molecular complexity index is 1180. The van der Waals surface area contributed by atoms with Crippen molar-refractivity contribution in [2.75, 3.05) is 18.9 Å². The molecule has 0 aliphatic carbocycles. The Morgan fingerprint density at radius 2 is 1.68 bits per heavy atom. The predicted molar refractivity (Wildman–Crippen MR) is 113 cm³/mol. The summed E-state index contributed by atoms with van der Waals surface area (Å²) in [5.41, 5.74) is -1.12. The van der Waals surface area contributed by atoms with Gasteiger partial charge in [0.05, 0.1) is 20.3 Å². The van der Waals surface area contributed by atoms with Crippen molar-refractivity contribution in [2.45, 2.75) is 36.9 Å². The number of sulfonamides is 1. The van der Waals surface area contributed by atoms with E-state index in [4.69, 9.17) is 14.2 Å². The number of nitrogens with one attached hydrogen (secondary N) is 1. The molecule has 2 aromatic carbocycles. The molecule has 0 aromatic heterocycles. The topological polar surface area (TPSA) is 128 Å². The molecule has 2 aromatic rings. The van der Waals surface area contributed by atoms with Crippen molar-refractivity contribution in [3.8, 4) is 17.2 Å². The number of ketones is 1. The Labute approximate surface area is 193 Å². The quantitative estimate of drug-likeness (QED) is 0.302. The summed E-state index contributed by atoms with van der Waals surface area (Å²) in [6, 6.07) is 6.55. The highest BCUT2D eigenvalue weighted by Crippen LogP contribution is 2.36. The standard InChI is InChI=1S/C21H22F3NO8S/c1-11(2)33-20(28)18(19(27)21(22,23)24)14-9-12(5-7-15(14)26)25-34(29,30)17-10-13(31-3)6-8-16(17)32-4/h5-11,18,25-26H,1-4H3/t18-/m1/s1. The van der Waals surface area contributed by atoms with Crippen LogP contribution in [-0.2, 0) is 24.3 Å². The number of hydrogen-bond donors (Lipinski definition) is 2. The van der Waals surface area contributed by atoms with Crippen LogP contribution in [0.25, 0.3) is 0 Å². The summed E-state index contributed by atoms with van der Waals surface area (Å²) in [5.74, 6) is -7.33. The number of halogens is 3. The fraction of sp³-hybridized carbons (Fsp3) is 0.333. The average Bonchev–Trinajstić information content (AvgIpc) is 2.74. The molecular weight excluding hydrogens is 483 g/mol. The molecule has 13 heteroatoms. The van der Waals surface area contributed by atoms with Gasteiger partial charge < -0.3 is 19.3 Å². The zero-order chi connectivity index (χ0) is 25.8. The smallest absolute Gasteiger partial charge is 0.451 e. The first-order chi connectivity index (χ1) is 15.7. The van der Waals surface area contributed by atoms with Gasteiger partial charge in [0, 0.05) is 17.3 Å². The largest absolute Gasteiger partial charge is 0.508 e. The van der Waals surface area contributed by atoms with E-state index >= 15 is 0 Å². The number of rotatable bonds is 9. The minimum atomic E-state index is -5.43. The average molecular weight is 505 g/mol. The van der Waals surface area contributed by atoms with Crippen molar-refractivity contribution in [1.82, 2.24) is 0 Å². The second-order valence-electron chi connectivity index (χ2n) is 7.18. The molecule has 0 bridgehead atoms. The molecule has 0 fully saturated rings. The van der Waals surface area contributed by atoms with E-state index in [1.807, 2.05) is 0 Å². The van der Waals surface area contributed by atoms with Gasteiger partial charge in [0.1, 0.15) is 22.1 Å². The van der Waals surface area contributed by atoms with Gasteiger partial charge in [0.2, 0.25) is 0 Å². The number of benzene rings is 2. The fourth-order valence-electron chi connectivity index (χ4n) is 2.89. The Hall–Kier alpha value is -3.48. The molecule has 0 heterocycles. The van der Waals surface area contributed by atoms with Gasteiger partial charge in [-0.25, -0.2) is 8.42 Å². The maximum Gasteiger partial charge on any atom is 0.451 e. The van der Waals surface area contributed by atoms with Crippen molar-refractivity contribution in [2.24, 2.45) is 0 Å². The third kappa shape index (κ3) is 6.10. The molecule has 0 aliphatic rings. The van der Waals surface area contributed by atoms with Crippen LogP contribution >= 0.6 is 0 Å². The second kappa shape index (κ2) is 10.2. The molecule has 2 N–H and O–H groups in total. The fourth-order valence-corrected chi connectivity index (χ4v) is 4.13. The van der Waals surface area contributed by atoms with Crippen molar-refractivity contribution >= 4 is 27.5 Å². The summed E-state index contributed by atoms with van der Waals surface area (Å²) in [6.07, 6.45) is -6.29. The summed E-state index contributed by atoms with van der Waals surface area (Å²) < 4.78 is 82.4. The van der Waals surface area contributed by atoms with Gasteiger partial charge in [-0.1, -0.05) is 0 Å². The van der Waals surface area contributed by atoms with Crippen LogP contribution in [0.4, 0.5) is 18.9 Å². The first-order valence-electron chi connectivity index (χ1n) is 9.60. The van der Waals surface area contributed by atoms with Crippen molar-refractivity contribution in [3.05, 3.63) is 42.0 Å². The maximum absolute atomic E-state index is 13.2. The number of esters is 1. The molecule has 0 aliphatic heterocycles. The third-order valence-corrected chi connectivity index (χ3v) is 5.78. The number of methoxy groups -OCH3 is 2. The summed E-state index contributed by atoms with van der Waals surface area (Å²) in [4.78, 5) is 24.0. The van der Waals surface area contributed by atoms with E-state index in [1.54, 1.807) is 0 Å². The highest BCUT2D eigenvalue weighted by atomic mass is 32.2. The summed E-state index contributed by atoms with van der Waals surface area (Å²) in [5, 5.41) is 10.1. The summed E-state index contributed by atoms with van der Waals surface area (Å²) in [7, 11) is -1.85. The predicted octanol–water partition coefficient (Wildman–Crippen LogP) is 3.38. The Morgan fingerprint density at radius 3 is 2.21 bits per heavy atom. The molecule has 34 heavy (non-hydrogen) atoms. The van der Waals surface area contributed by atoms with Crippen LogP contribution in [0, 0.1) is 0 Å². The molecule has 2 rings (SSSR count). The number of carbonyl (C=O) groups is 2. The van der Waals surface area contributed by atoms with E-state index in [2.05, 4.69) is 4.72 Å². The zero-order valence-corrected chi connectivity index (χ0v) is 19.3. The zero-order valence-electron chi connectivity index (χ0n) is 18.5. The lowest BCUT2D eigenvalue weighted by atomic mass is 9.93. The molecular formula is C21H22F3NO8S. The van der Waals surface area contributed by atoms with Crippen LogP contribution in [0.5, 0.6) is 17.2 Å². The molecule has 0 saturated heterocycles. The second-order valence-corrected chi connectivity index (χ2v) is 8.83. The van der Waals surface area contributed by atoms with Crippen LogP contribution in [0.15, 0.2) is 41.3 Å². The molecule has 9 nitrogen and oxygen atoms in total. The van der Waals surface area contributed by atoms with Crippen LogP contribution in [0.1, 0.15) is 25.3 Å². The minimum Gasteiger partial charge on any atom is -0.508 e. The number of ether oxygens (including phenoxy) is 3. The molecule has 1 atom stereocenters. The van der Waals surface area contributed by atoms with Crippen molar-refractivity contribution in [3.63, 3.8) is 0 Å². The Balaban J connectivity index is 2.56. The lowest BCUT2D eigenvalue weighted by Gasteiger charge is -2.20. The van der Waals surface area contributed by atoms with E-state index in [9.17, 15) is 36.3 Å². The normalized spacial score (nSPS) is 12.7. The minimum absolute atomic E-state index is 0.0575. The van der Waals surface area contributed by atoms with E-state index in [-0.39, 0.29) is 22.1 Å². The number of anilines is 1. The van der Waals surface area contributed by atoms with E-state index in [0.29, 0.717) is 0 Å². The lowest BCUT2D eigenvalue weighted by molar-refractivity contribution is -0.178. The molecule has 186 valence electrons. The number of aromatic hydroxyl groups is 1. The van der Waals surface area contributed by atoms with E-state index < -0.39 is 51.3 Å². The number of carbonyl (C=O) groups excluding carboxylic acids is 2. The molecule has 0 saturated carbocycles. The van der Waals surface area contributed by atoms with Crippen LogP contribution in [-0.4, -0.2) is 51.8 Å². The van der Waals surface area contributed by atoms with Gasteiger partial charge in [-0.2, -0.15) is 13.2 Å². The SMILES string of the molecule is COc1ccc(OC)c(S(=O)(=O)Nc2ccc(O)c([C@@H](C(=O)OC(C)C)C(=O)C(F)(F)F)c2)c1. The van der Waals surface area contributed by atoms with E-state index in [1.165, 1.54) is 40.2 Å². The highest BCUT2D eigenvalue weighted by molar-refractivity contribution is 7.92. The van der Waals surface area contributed by atoms with Gasteiger partial charge in [0.25, 0.3) is 15.8 Å². The summed E-state index contributed by atoms with van der Waals surface area (Å²) >= 11 is 0. The number of alkyl halides is 3. The summed E-state index contributed by atoms with van der Waals surface area (Å²) in [6.45, 7) is 2.72. The van der Waals surface area contributed by atoms with E-state index in [0.717, 1.165) is 24.3 Å². The highest BCUT2D eigenvalue weighted by Gasteiger charge is 2.49. The van der Waals surface area contributed by atoms with Crippen LogP contribution in [0.3, 0.4) is 0 Å². The Morgan fingerprint density at radius 1 is 1.03 bits per heavy atom. The number of phenolic OH excluding ortho intramolecular Hbond substituents is 1. The van der Waals surface area contributed by atoms with Crippen molar-refractivity contribution in [1.29, 1.82) is 0 Å². The third-order valence-electron chi connectivity index (χ3n) is 4.38. The van der Waals surface area contributed by atoms with Gasteiger partial charge in [0.15, 0.2) is 5.92 Å². The maximum atomic E-state index is 13.2. The van der Waals surface area contributed by atoms with Gasteiger partial charge in [-0.05, 0) is 44.2 Å². The van der Waals surface area contributed by atoms with Crippen molar-refractivity contribution < 1.29 is 50.5 Å². The van der Waals surface area contributed by atoms with Gasteiger partial charge in [-0.3, -0.25) is 14.3 Å². The van der Waals surface area contributed by atoms with Crippen LogP contribution in [0.2, 0.25) is 0 Å². The lowest BCUT2D eigenvalue weighted by Crippen LogP contribution is -2.35. The first kappa shape index (κ1) is 26.8. The molecule has 0 radical (unpaired) electrons. The van der Waals surface area contributed by atoms with Gasteiger partial charge >= 0.3 is 12.1 Å².